The Bertz CT molecular complexity index is 4240. The number of hydrogen-bond acceptors (Lipinski definition) is 22. The van der Waals surface area contributed by atoms with Crippen molar-refractivity contribution in [2.75, 3.05) is 39.4 Å². The molecule has 11 rings (SSSR count). The predicted molar refractivity (Wildman–Crippen MR) is 413 cm³/mol. The first-order chi connectivity index (χ1) is 47.2. The molecule has 1 radical (unpaired) electrons. The van der Waals surface area contributed by atoms with Crippen LogP contribution in [0.25, 0.3) is 28.3 Å². The Hall–Kier alpha value is -8.62. The quantitative estimate of drug-likeness (QED) is 0.0105. The van der Waals surface area contributed by atoms with Crippen LogP contribution in [0.2, 0.25) is 15.5 Å². The van der Waals surface area contributed by atoms with Crippen molar-refractivity contribution in [1.82, 2.24) is 50.0 Å². The van der Waals surface area contributed by atoms with E-state index in [-0.39, 0.29) is 112 Å². The number of nitrogens with two attached hydrogens (primary N) is 1. The van der Waals surface area contributed by atoms with Gasteiger partial charge in [0, 0.05) is 80.5 Å². The predicted octanol–water partition coefficient (Wildman–Crippen LogP) is 13.3. The number of fused-ring (bicyclic) bond motifs is 1. The third kappa shape index (κ3) is 35.9. The van der Waals surface area contributed by atoms with E-state index in [4.69, 9.17) is 66.5 Å². The molecule has 0 saturated heterocycles. The van der Waals surface area contributed by atoms with Crippen LogP contribution in [0, 0.1) is 13.8 Å². The minimum absolute atomic E-state index is 0. The number of carbonyl (C=O) groups excluding carboxylic acids is 4. The fourth-order valence-electron chi connectivity index (χ4n) is 7.24. The number of carboxylic acids is 1. The van der Waals surface area contributed by atoms with Gasteiger partial charge in [0.1, 0.15) is 45.1 Å². The van der Waals surface area contributed by atoms with Crippen LogP contribution in [0.4, 0.5) is 17.2 Å². The minimum atomic E-state index is -1.06. The number of halogens is 6. The molecule has 24 nitrogen and oxygen atoms in total. The number of para-hydroxylation sites is 3. The van der Waals surface area contributed by atoms with E-state index in [0.29, 0.717) is 68.7 Å². The van der Waals surface area contributed by atoms with Gasteiger partial charge in [0.2, 0.25) is 5.89 Å². The van der Waals surface area contributed by atoms with Gasteiger partial charge in [0.05, 0.1) is 54.3 Å². The standard InChI is InChI=1S/C18H13N3O2.C14H14N2O.C8H9ClN2O2.C8H8ClNO.C6H4ClNO2.C6H7N.C4H2ClNO2.C2H7NO.C2H5.2CH4.BHNS.BrH.ClH.Mg/c1-12-15(18-20-10-11-23-18)21(13-6-3-2-4-7-13)17-14(16(12)22)8-5-9-19-17;1-2-13(17)12-9-6-10-15-14(12)16-11-7-4-3-5-8-11;1-11(13-2)8(12)6-4-3-5-10-7(6)9;1-2-7(11)6-4-3-5-10-8(6)9;7-5-4(6(9)10)2-1-3-8-5;7-6-4-2-1-3-5-6;5-3(7)4-6-1-2-8-4;1-3-4-2;1-2;;;1-2-3;;;/h2-11H,1H3;3-10H,2H2,1H3,(H,15,16);3-5H,1-2H3;3-5H,2H2,1H3;1-3H,(H,9,10);1-5H,7H2;1-2H;3H,1-2H3;1H2,2H3;2*1H4;3H;2*1H;/q;;;;;;;;-1;;;;;;+2/p-1. The first kappa shape index (κ1) is 101. The Balaban J connectivity index is -0.000000556. The molecule has 11 aromatic rings. The number of aromatic nitrogens is 8. The molecule has 0 aliphatic heterocycles. The molecule has 1 amide bonds. The number of anilines is 3. The van der Waals surface area contributed by atoms with Gasteiger partial charge in [0.15, 0.2) is 17.0 Å². The Morgan fingerprint density at radius 2 is 1.09 bits per heavy atom. The second-order valence-electron chi connectivity index (χ2n) is 18.0. The molecule has 0 unspecified atom stereocenters. The summed E-state index contributed by atoms with van der Waals surface area (Å²) < 4.78 is 14.6. The molecule has 0 aliphatic carbocycles. The summed E-state index contributed by atoms with van der Waals surface area (Å²) in [5, 5.41) is 13.1. The Morgan fingerprint density at radius 3 is 1.49 bits per heavy atom. The number of ketones is 2. The summed E-state index contributed by atoms with van der Waals surface area (Å²) in [5.74, 6) is -0.299. The van der Waals surface area contributed by atoms with Gasteiger partial charge in [-0.15, -0.1) is 12.4 Å². The number of nitrogens with zero attached hydrogens (tertiary/aromatic N) is 10. The van der Waals surface area contributed by atoms with Crippen molar-refractivity contribution >= 4 is 159 Å². The zero-order valence-electron chi connectivity index (χ0n) is 55.9. The monoisotopic (exact) mass is 1600 g/mol. The Morgan fingerprint density at radius 1 is 0.660 bits per heavy atom. The number of carbonyl (C=O) groups is 5. The van der Waals surface area contributed by atoms with Crippen molar-refractivity contribution in [2.45, 2.75) is 55.4 Å². The number of nitrogens with one attached hydrogen (secondary N) is 2. The maximum Gasteiger partial charge on any atom is 2.00 e. The van der Waals surface area contributed by atoms with Crippen LogP contribution in [-0.4, -0.2) is 137 Å². The number of carboxylic acid groups (broad SMARTS) is 1. The van der Waals surface area contributed by atoms with Gasteiger partial charge in [-0.25, -0.2) is 50.2 Å². The molecule has 543 valence electrons. The zero-order valence-corrected chi connectivity index (χ0v) is 63.6. The Labute approximate surface area is 658 Å². The third-order valence-electron chi connectivity index (χ3n) is 11.8. The number of aromatic carboxylic acids is 1. The normalized spacial score (nSPS) is 9.02. The van der Waals surface area contributed by atoms with E-state index in [1.54, 1.807) is 108 Å². The molecular weight excluding hydrogens is 1520 g/mol. The number of thiol groups is 1. The van der Waals surface area contributed by atoms with Crippen LogP contribution >= 0.6 is 71.6 Å². The number of benzene rings is 3. The number of hydroxylamine groups is 3. The van der Waals surface area contributed by atoms with Crippen molar-refractivity contribution in [3.8, 4) is 17.3 Å². The average Bonchev–Trinajstić information content (AvgIpc) is 1.56. The van der Waals surface area contributed by atoms with Crippen LogP contribution in [0.3, 0.4) is 0 Å². The maximum absolute atomic E-state index is 12.7. The number of amides is 1. The molecule has 0 spiro atoms. The van der Waals surface area contributed by atoms with E-state index in [2.05, 4.69) is 86.6 Å². The van der Waals surface area contributed by atoms with Gasteiger partial charge >= 0.3 is 59.0 Å². The number of pyridine rings is 6. The van der Waals surface area contributed by atoms with Gasteiger partial charge in [-0.1, -0.05) is 118 Å². The third-order valence-corrected chi connectivity index (χ3v) is 12.9. The summed E-state index contributed by atoms with van der Waals surface area (Å²) in [4.78, 5) is 104. The molecule has 3 aromatic carbocycles. The SMILES string of the molecule is C.C.CCC(=O)c1cccnc1Cl.CCC(=O)c1cccnc1Nc1ccccc1.CNOC.CON(C)C(=O)c1cccnc1Cl.Cc1c(-c2ncco2)n(-c2ccccc2)c2ncccc2c1=O.Cl.Nc1ccccc1.O=C(Cl)c1ncco1.O=C(O)c1cccnc1Cl.[B]=NS.[Br-].[CH2-]C.[Mg+2]. The zero-order chi connectivity index (χ0) is 72.8. The molecule has 0 aliphatic rings. The van der Waals surface area contributed by atoms with Crippen LogP contribution < -0.4 is 38.9 Å². The summed E-state index contributed by atoms with van der Waals surface area (Å²) in [5.41, 5.74) is 13.7. The number of hydrogen-bond donors (Lipinski definition) is 5. The Kier molecular flexibility index (Phi) is 57.6. The molecule has 33 heteroatoms. The molecule has 8 heterocycles. The first-order valence-electron chi connectivity index (χ1n) is 28.8. The van der Waals surface area contributed by atoms with Gasteiger partial charge < -0.3 is 53.7 Å². The topological polar surface area (TPSA) is 328 Å². The molecule has 5 N–H and O–H groups in total. The fraction of sp³-hybridized carbons (Fsp3) is 0.171. The van der Waals surface area contributed by atoms with Crippen LogP contribution in [0.15, 0.2) is 225 Å². The largest absolute Gasteiger partial charge is 2.00 e. The van der Waals surface area contributed by atoms with E-state index in [9.17, 15) is 28.8 Å². The summed E-state index contributed by atoms with van der Waals surface area (Å²) in [6.45, 7) is 10.4. The molecular formula is C70H79BBrCl5MgN13O11S. The van der Waals surface area contributed by atoms with Crippen molar-refractivity contribution < 1.29 is 64.6 Å². The molecule has 0 saturated carbocycles. The van der Waals surface area contributed by atoms with Gasteiger partial charge in [0.25, 0.3) is 11.8 Å². The second-order valence-corrected chi connectivity index (χ2v) is 19.6. The molecule has 8 aromatic heterocycles. The average molecular weight is 1600 g/mol. The maximum atomic E-state index is 12.7. The van der Waals surface area contributed by atoms with Crippen LogP contribution in [-0.2, 0) is 9.68 Å². The van der Waals surface area contributed by atoms with Gasteiger partial charge in [-0.3, -0.25) is 33.4 Å². The molecule has 0 atom stereocenters. The van der Waals surface area contributed by atoms with E-state index < -0.39 is 11.2 Å². The van der Waals surface area contributed by atoms with E-state index in [1.807, 2.05) is 102 Å². The van der Waals surface area contributed by atoms with E-state index in [0.717, 1.165) is 22.1 Å². The minimum Gasteiger partial charge on any atom is -1.00 e. The summed E-state index contributed by atoms with van der Waals surface area (Å²) in [6.07, 6.45) is 14.5. The van der Waals surface area contributed by atoms with Crippen LogP contribution in [0.1, 0.15) is 106 Å². The summed E-state index contributed by atoms with van der Waals surface area (Å²) >= 11 is 24.9. The van der Waals surface area contributed by atoms with E-state index in [1.165, 1.54) is 57.4 Å². The molecule has 103 heavy (non-hydrogen) atoms. The summed E-state index contributed by atoms with van der Waals surface area (Å²) in [7, 11) is 10.5. The number of nitrogen functional groups attached to an aromatic ring is 1. The van der Waals surface area contributed by atoms with Crippen LogP contribution in [0.5, 0.6) is 0 Å². The van der Waals surface area contributed by atoms with Crippen molar-refractivity contribution in [1.29, 1.82) is 0 Å². The van der Waals surface area contributed by atoms with Crippen molar-refractivity contribution in [3.05, 3.63) is 274 Å². The summed E-state index contributed by atoms with van der Waals surface area (Å²) in [6, 6.07) is 45.6. The number of Topliss-reactive ketones (excluding diaryl/α,β-unsaturated/α-hetero) is 2. The molecule has 0 bridgehead atoms. The smallest absolute Gasteiger partial charge is 1.00 e. The second kappa shape index (κ2) is 58.8. The van der Waals surface area contributed by atoms with Crippen molar-refractivity contribution in [2.24, 2.45) is 4.30 Å². The fourth-order valence-corrected chi connectivity index (χ4v) is 7.96. The van der Waals surface area contributed by atoms with E-state index >= 15 is 0 Å². The van der Waals surface area contributed by atoms with Gasteiger partial charge in [-0.2, -0.15) is 6.92 Å². The number of oxazole rings is 2. The first-order valence-corrected chi connectivity index (χ1v) is 30.7. The van der Waals surface area contributed by atoms with Crippen molar-refractivity contribution in [3.63, 3.8) is 0 Å². The molecule has 0 fully saturated rings. The van der Waals surface area contributed by atoms with Gasteiger partial charge in [-0.05, 0) is 116 Å². The number of rotatable bonds is 13.